The van der Waals surface area contributed by atoms with Crippen LogP contribution in [0.1, 0.15) is 24.3 Å². The molecule has 2 amide bonds. The number of amides is 2. The first-order chi connectivity index (χ1) is 15.2. The molecule has 9 heteroatoms. The van der Waals surface area contributed by atoms with Crippen molar-refractivity contribution in [3.63, 3.8) is 0 Å². The van der Waals surface area contributed by atoms with E-state index < -0.39 is 35.5 Å². The SMILES string of the molecule is COc1cc([C@H]2C3=CC[C@@H]4C(=O)N(O)C(=O)[C@@H]4[C@@H]3CC3=C2C(=O)C=C(Br)C3=O)ccc1O. The van der Waals surface area contributed by atoms with Crippen LogP contribution in [0, 0.1) is 17.8 Å². The van der Waals surface area contributed by atoms with Gasteiger partial charge in [-0.15, -0.1) is 0 Å². The van der Waals surface area contributed by atoms with Gasteiger partial charge in [-0.25, -0.2) is 0 Å². The van der Waals surface area contributed by atoms with E-state index in [4.69, 9.17) is 4.74 Å². The summed E-state index contributed by atoms with van der Waals surface area (Å²) in [6.45, 7) is 0. The molecule has 32 heavy (non-hydrogen) atoms. The van der Waals surface area contributed by atoms with Gasteiger partial charge in [0.1, 0.15) is 0 Å². The zero-order valence-corrected chi connectivity index (χ0v) is 18.5. The number of halogens is 1. The standard InChI is InChI=1S/C23H18BrNO7/c1-32-17-6-9(2-5-15(17)26)18-10-3-4-11-19(23(30)25(31)22(11)29)12(10)7-13-20(18)16(27)8-14(24)21(13)28/h2-3,5-6,8,11-12,18-19,26,31H,4,7H2,1H3/t11-,12+,18-,19-/m0/s1. The van der Waals surface area contributed by atoms with Gasteiger partial charge in [-0.05, 0) is 52.4 Å². The molecule has 0 aromatic heterocycles. The van der Waals surface area contributed by atoms with E-state index >= 15 is 0 Å². The third-order valence-corrected chi connectivity index (χ3v) is 7.43. The monoisotopic (exact) mass is 499 g/mol. The Labute approximate surface area is 190 Å². The molecule has 1 aliphatic heterocycles. The minimum Gasteiger partial charge on any atom is -0.504 e. The summed E-state index contributed by atoms with van der Waals surface area (Å²) < 4.78 is 5.37. The van der Waals surface area contributed by atoms with Gasteiger partial charge in [0.25, 0.3) is 11.8 Å². The fourth-order valence-corrected chi connectivity index (χ4v) is 5.89. The van der Waals surface area contributed by atoms with E-state index in [0.29, 0.717) is 16.7 Å². The summed E-state index contributed by atoms with van der Waals surface area (Å²) in [4.78, 5) is 51.2. The zero-order chi connectivity index (χ0) is 22.9. The number of phenolic OH excluding ortho intramolecular Hbond substituents is 1. The van der Waals surface area contributed by atoms with Crippen LogP contribution in [0.5, 0.6) is 11.5 Å². The van der Waals surface area contributed by atoms with Gasteiger partial charge in [0, 0.05) is 23.1 Å². The van der Waals surface area contributed by atoms with Crippen LogP contribution in [0.3, 0.4) is 0 Å². The first-order valence-electron chi connectivity index (χ1n) is 10.1. The fourth-order valence-electron chi connectivity index (χ4n) is 5.44. The Balaban J connectivity index is 1.72. The van der Waals surface area contributed by atoms with Crippen LogP contribution in [0.25, 0.3) is 0 Å². The Bertz CT molecular complexity index is 1210. The molecule has 1 fully saturated rings. The van der Waals surface area contributed by atoms with Gasteiger partial charge in [-0.2, -0.15) is 5.06 Å². The minimum atomic E-state index is -0.810. The van der Waals surface area contributed by atoms with Crippen molar-refractivity contribution in [1.29, 1.82) is 0 Å². The van der Waals surface area contributed by atoms with Crippen LogP contribution in [-0.4, -0.2) is 45.9 Å². The maximum absolute atomic E-state index is 13.1. The van der Waals surface area contributed by atoms with Crippen LogP contribution >= 0.6 is 15.9 Å². The average Bonchev–Trinajstić information content (AvgIpc) is 3.00. The van der Waals surface area contributed by atoms with Crippen molar-refractivity contribution in [2.24, 2.45) is 17.8 Å². The first-order valence-corrected chi connectivity index (χ1v) is 10.9. The average molecular weight is 500 g/mol. The molecule has 0 radical (unpaired) electrons. The van der Waals surface area contributed by atoms with Gasteiger partial charge in [-0.3, -0.25) is 24.4 Å². The van der Waals surface area contributed by atoms with Crippen molar-refractivity contribution >= 4 is 39.3 Å². The topological polar surface area (TPSA) is 121 Å². The van der Waals surface area contributed by atoms with E-state index in [1.165, 1.54) is 19.3 Å². The normalized spacial score (nSPS) is 29.4. The Kier molecular flexibility index (Phi) is 4.72. The number of phenols is 1. The minimum absolute atomic E-state index is 0.0725. The summed E-state index contributed by atoms with van der Waals surface area (Å²) in [5.41, 5.74) is 1.99. The number of carbonyl (C=O) groups excluding carboxylic acids is 4. The number of fused-ring (bicyclic) bond motifs is 3. The van der Waals surface area contributed by atoms with Gasteiger partial charge in [0.05, 0.1) is 23.4 Å². The second kappa shape index (κ2) is 7.25. The Morgan fingerprint density at radius 2 is 1.88 bits per heavy atom. The second-order valence-electron chi connectivity index (χ2n) is 8.31. The lowest BCUT2D eigenvalue weighted by Crippen LogP contribution is -2.39. The number of benzene rings is 1. The summed E-state index contributed by atoms with van der Waals surface area (Å²) in [5.74, 6) is -4.54. The van der Waals surface area contributed by atoms with Gasteiger partial charge in [-0.1, -0.05) is 17.7 Å². The molecule has 3 aliphatic carbocycles. The molecule has 164 valence electrons. The molecule has 4 atom stereocenters. The van der Waals surface area contributed by atoms with Gasteiger partial charge in [0.15, 0.2) is 23.1 Å². The number of hydrogen-bond donors (Lipinski definition) is 2. The molecular formula is C23H18BrNO7. The maximum Gasteiger partial charge on any atom is 0.257 e. The molecule has 4 aliphatic rings. The van der Waals surface area contributed by atoms with E-state index in [1.807, 2.05) is 6.08 Å². The van der Waals surface area contributed by atoms with Gasteiger partial charge < -0.3 is 9.84 Å². The number of imide groups is 1. The molecule has 8 nitrogen and oxygen atoms in total. The van der Waals surface area contributed by atoms with Crippen molar-refractivity contribution in [3.05, 3.63) is 57.1 Å². The van der Waals surface area contributed by atoms with E-state index in [-0.39, 0.29) is 45.5 Å². The summed E-state index contributed by atoms with van der Waals surface area (Å²) >= 11 is 3.16. The predicted octanol–water partition coefficient (Wildman–Crippen LogP) is 2.55. The van der Waals surface area contributed by atoms with Crippen molar-refractivity contribution in [3.8, 4) is 11.5 Å². The Morgan fingerprint density at radius 1 is 1.12 bits per heavy atom. The number of allylic oxidation sites excluding steroid dienone is 6. The molecule has 5 rings (SSSR count). The van der Waals surface area contributed by atoms with Crippen LogP contribution in [0.4, 0.5) is 0 Å². The highest BCUT2D eigenvalue weighted by atomic mass is 79.9. The summed E-state index contributed by atoms with van der Waals surface area (Å²) in [7, 11) is 1.41. The van der Waals surface area contributed by atoms with Gasteiger partial charge >= 0.3 is 0 Å². The molecule has 2 N–H and O–H groups in total. The molecule has 1 saturated heterocycles. The molecule has 1 aromatic carbocycles. The molecule has 1 heterocycles. The fraction of sp³-hybridized carbons (Fsp3) is 0.304. The number of aromatic hydroxyl groups is 1. The number of carbonyl (C=O) groups is 4. The van der Waals surface area contributed by atoms with E-state index in [0.717, 1.165) is 5.57 Å². The highest BCUT2D eigenvalue weighted by Gasteiger charge is 2.56. The third kappa shape index (κ3) is 2.77. The largest absolute Gasteiger partial charge is 0.504 e. The van der Waals surface area contributed by atoms with Crippen molar-refractivity contribution < 1.29 is 34.2 Å². The lowest BCUT2D eigenvalue weighted by atomic mass is 9.59. The third-order valence-electron chi connectivity index (χ3n) is 6.85. The predicted molar refractivity (Wildman–Crippen MR) is 113 cm³/mol. The van der Waals surface area contributed by atoms with Crippen LogP contribution < -0.4 is 4.74 Å². The summed E-state index contributed by atoms with van der Waals surface area (Å²) in [5, 5.41) is 20.2. The molecule has 0 spiro atoms. The molecule has 1 aromatic rings. The number of hydrogen-bond acceptors (Lipinski definition) is 7. The van der Waals surface area contributed by atoms with Crippen molar-refractivity contribution in [2.75, 3.05) is 7.11 Å². The molecule has 0 saturated carbocycles. The second-order valence-corrected chi connectivity index (χ2v) is 9.17. The molecular weight excluding hydrogens is 482 g/mol. The van der Waals surface area contributed by atoms with E-state index in [9.17, 15) is 29.5 Å². The number of ketones is 2. The Morgan fingerprint density at radius 3 is 2.59 bits per heavy atom. The van der Waals surface area contributed by atoms with Crippen LogP contribution in [0.2, 0.25) is 0 Å². The van der Waals surface area contributed by atoms with E-state index in [1.54, 1.807) is 12.1 Å². The lowest BCUT2D eigenvalue weighted by molar-refractivity contribution is -0.173. The highest BCUT2D eigenvalue weighted by molar-refractivity contribution is 9.12. The number of Topliss-reactive ketones (excluding diaryl/α,β-unsaturated/α-hetero) is 1. The smallest absolute Gasteiger partial charge is 0.257 e. The number of hydroxylamine groups is 2. The van der Waals surface area contributed by atoms with Crippen LogP contribution in [0.15, 0.2) is 51.6 Å². The van der Waals surface area contributed by atoms with Gasteiger partial charge in [0.2, 0.25) is 0 Å². The maximum atomic E-state index is 13.1. The van der Waals surface area contributed by atoms with Crippen molar-refractivity contribution in [1.82, 2.24) is 5.06 Å². The zero-order valence-electron chi connectivity index (χ0n) is 16.9. The number of rotatable bonds is 2. The Hall–Kier alpha value is -3.04. The molecule has 0 unspecified atom stereocenters. The summed E-state index contributed by atoms with van der Waals surface area (Å²) in [6.07, 6.45) is 3.45. The van der Waals surface area contributed by atoms with Crippen molar-refractivity contribution in [2.45, 2.75) is 18.8 Å². The number of nitrogens with zero attached hydrogens (tertiary/aromatic N) is 1. The summed E-state index contributed by atoms with van der Waals surface area (Å²) in [6, 6.07) is 4.70. The number of methoxy groups -OCH3 is 1. The lowest BCUT2D eigenvalue weighted by Gasteiger charge is -2.42. The quantitative estimate of drug-likeness (QED) is 0.277. The molecule has 0 bridgehead atoms. The highest BCUT2D eigenvalue weighted by Crippen LogP contribution is 2.55. The van der Waals surface area contributed by atoms with E-state index in [2.05, 4.69) is 15.9 Å². The number of ether oxygens (including phenoxy) is 1. The van der Waals surface area contributed by atoms with Crippen LogP contribution in [-0.2, 0) is 19.2 Å². The first kappa shape index (κ1) is 20.8.